The number of carbonyl (C=O) groups is 2. The van der Waals surface area contributed by atoms with Crippen molar-refractivity contribution in [3.8, 4) is 0 Å². The van der Waals surface area contributed by atoms with Crippen LogP contribution in [0, 0.1) is 6.92 Å². The number of halogens is 1. The molecule has 1 aromatic carbocycles. The molecule has 0 unspecified atom stereocenters. The maximum atomic E-state index is 12.4. The van der Waals surface area contributed by atoms with Crippen LogP contribution in [0.25, 0.3) is 0 Å². The molecule has 0 radical (unpaired) electrons. The van der Waals surface area contributed by atoms with Crippen LogP contribution in [0.3, 0.4) is 0 Å². The van der Waals surface area contributed by atoms with Crippen molar-refractivity contribution in [3.05, 3.63) is 28.2 Å². The van der Waals surface area contributed by atoms with Gasteiger partial charge in [-0.25, -0.2) is 4.79 Å². The highest BCUT2D eigenvalue weighted by molar-refractivity contribution is 9.10. The van der Waals surface area contributed by atoms with Gasteiger partial charge in [0.25, 0.3) is 0 Å². The first-order valence-corrected chi connectivity index (χ1v) is 7.82. The van der Waals surface area contributed by atoms with Crippen LogP contribution >= 0.6 is 15.9 Å². The first kappa shape index (κ1) is 15.8. The number of rotatable bonds is 4. The number of urea groups is 1. The van der Waals surface area contributed by atoms with E-state index in [1.807, 2.05) is 25.1 Å². The summed E-state index contributed by atoms with van der Waals surface area (Å²) in [5.74, 6) is -0.983. The second-order valence-electron chi connectivity index (χ2n) is 5.35. The summed E-state index contributed by atoms with van der Waals surface area (Å²) >= 11 is 3.37. The van der Waals surface area contributed by atoms with Gasteiger partial charge in [0.05, 0.1) is 0 Å². The number of hydrogen-bond acceptors (Lipinski definition) is 2. The number of aryl methyl sites for hydroxylation is 1. The van der Waals surface area contributed by atoms with E-state index in [1.54, 1.807) is 0 Å². The summed E-state index contributed by atoms with van der Waals surface area (Å²) in [4.78, 5) is 24.9. The van der Waals surface area contributed by atoms with Gasteiger partial charge in [-0.05, 0) is 37.5 Å². The lowest BCUT2D eigenvalue weighted by molar-refractivity contribution is -0.138. The summed E-state index contributed by atoms with van der Waals surface area (Å²) in [6.45, 7) is 1.64. The van der Waals surface area contributed by atoms with Gasteiger partial charge in [-0.2, -0.15) is 0 Å². The van der Waals surface area contributed by atoms with E-state index in [-0.39, 0.29) is 18.6 Å². The molecular weight excluding hydrogens is 336 g/mol. The largest absolute Gasteiger partial charge is 0.480 e. The summed E-state index contributed by atoms with van der Waals surface area (Å²) in [7, 11) is 0. The third kappa shape index (κ3) is 4.20. The predicted octanol–water partition coefficient (Wildman–Crippen LogP) is 3.62. The highest BCUT2D eigenvalue weighted by atomic mass is 79.9. The lowest BCUT2D eigenvalue weighted by Gasteiger charge is -2.27. The third-order valence-corrected chi connectivity index (χ3v) is 4.27. The van der Waals surface area contributed by atoms with E-state index in [1.165, 1.54) is 4.90 Å². The number of anilines is 1. The molecule has 0 aliphatic heterocycles. The molecule has 0 spiro atoms. The van der Waals surface area contributed by atoms with Gasteiger partial charge >= 0.3 is 12.0 Å². The number of benzene rings is 1. The standard InChI is InChI=1S/C15H19BrN2O3/c1-10-6-7-11(16)8-13(10)17-15(21)18(9-14(19)20)12-4-2-3-5-12/h6-8,12H,2-5,9H2,1H3,(H,17,21)(H,19,20). The molecule has 21 heavy (non-hydrogen) atoms. The van der Waals surface area contributed by atoms with Crippen LogP contribution in [-0.2, 0) is 4.79 Å². The molecule has 2 amide bonds. The highest BCUT2D eigenvalue weighted by Crippen LogP contribution is 2.25. The third-order valence-electron chi connectivity index (χ3n) is 3.77. The van der Waals surface area contributed by atoms with Gasteiger partial charge in [0.15, 0.2) is 0 Å². The van der Waals surface area contributed by atoms with Crippen LogP contribution in [0.4, 0.5) is 10.5 Å². The minimum atomic E-state index is -0.983. The first-order valence-electron chi connectivity index (χ1n) is 7.03. The fourth-order valence-electron chi connectivity index (χ4n) is 2.64. The molecule has 0 atom stereocenters. The number of carboxylic acids is 1. The fourth-order valence-corrected chi connectivity index (χ4v) is 3.01. The maximum absolute atomic E-state index is 12.4. The minimum absolute atomic E-state index is 0.0218. The van der Waals surface area contributed by atoms with Gasteiger partial charge in [-0.15, -0.1) is 0 Å². The molecule has 6 heteroatoms. The Labute approximate surface area is 132 Å². The quantitative estimate of drug-likeness (QED) is 0.867. The van der Waals surface area contributed by atoms with E-state index in [4.69, 9.17) is 5.11 Å². The van der Waals surface area contributed by atoms with Crippen molar-refractivity contribution in [1.82, 2.24) is 4.90 Å². The van der Waals surface area contributed by atoms with Crippen LogP contribution in [0.5, 0.6) is 0 Å². The molecule has 1 aliphatic carbocycles. The summed E-state index contributed by atoms with van der Waals surface area (Å²) < 4.78 is 0.869. The van der Waals surface area contributed by atoms with Crippen LogP contribution in [-0.4, -0.2) is 34.6 Å². The molecule has 0 saturated heterocycles. The van der Waals surface area contributed by atoms with Crippen molar-refractivity contribution in [2.75, 3.05) is 11.9 Å². The lowest BCUT2D eigenvalue weighted by atomic mass is 10.2. The lowest BCUT2D eigenvalue weighted by Crippen LogP contribution is -2.44. The molecule has 0 bridgehead atoms. The fraction of sp³-hybridized carbons (Fsp3) is 0.467. The molecule has 2 rings (SSSR count). The molecule has 1 aliphatic rings. The molecule has 1 aromatic rings. The summed E-state index contributed by atoms with van der Waals surface area (Å²) in [6.07, 6.45) is 3.84. The number of hydrogen-bond donors (Lipinski definition) is 2. The Balaban J connectivity index is 2.13. The van der Waals surface area contributed by atoms with E-state index < -0.39 is 5.97 Å². The maximum Gasteiger partial charge on any atom is 0.323 e. The van der Waals surface area contributed by atoms with Crippen molar-refractivity contribution >= 4 is 33.6 Å². The first-order chi connectivity index (χ1) is 9.97. The van der Waals surface area contributed by atoms with Crippen LogP contribution in [0.1, 0.15) is 31.2 Å². The molecule has 1 fully saturated rings. The Kier molecular flexibility index (Phi) is 5.22. The summed E-state index contributed by atoms with van der Waals surface area (Å²) in [6, 6.07) is 5.30. The Morgan fingerprint density at radius 2 is 2.05 bits per heavy atom. The molecule has 114 valence electrons. The molecular formula is C15H19BrN2O3. The Morgan fingerprint density at radius 3 is 2.67 bits per heavy atom. The van der Waals surface area contributed by atoms with E-state index in [0.717, 1.165) is 35.7 Å². The molecule has 5 nitrogen and oxygen atoms in total. The van der Waals surface area contributed by atoms with Crippen LogP contribution in [0.15, 0.2) is 22.7 Å². The van der Waals surface area contributed by atoms with Gasteiger partial charge in [-0.1, -0.05) is 34.8 Å². The zero-order chi connectivity index (χ0) is 15.4. The second kappa shape index (κ2) is 6.93. The minimum Gasteiger partial charge on any atom is -0.480 e. The van der Waals surface area contributed by atoms with E-state index in [2.05, 4.69) is 21.2 Å². The Hall–Kier alpha value is -1.56. The second-order valence-corrected chi connectivity index (χ2v) is 6.26. The topological polar surface area (TPSA) is 69.6 Å². The van der Waals surface area contributed by atoms with Gasteiger partial charge in [-0.3, -0.25) is 4.79 Å². The predicted molar refractivity (Wildman–Crippen MR) is 84.5 cm³/mol. The van der Waals surface area contributed by atoms with Crippen molar-refractivity contribution in [2.24, 2.45) is 0 Å². The average Bonchev–Trinajstić information content (AvgIpc) is 2.93. The number of aliphatic carboxylic acids is 1. The summed E-state index contributed by atoms with van der Waals surface area (Å²) in [5.41, 5.74) is 1.64. The molecule has 2 N–H and O–H groups in total. The Bertz CT molecular complexity index is 542. The van der Waals surface area contributed by atoms with Crippen molar-refractivity contribution in [1.29, 1.82) is 0 Å². The van der Waals surface area contributed by atoms with Gasteiger partial charge in [0.1, 0.15) is 6.54 Å². The molecule has 1 saturated carbocycles. The number of carboxylic acid groups (broad SMARTS) is 1. The zero-order valence-electron chi connectivity index (χ0n) is 11.9. The molecule has 0 aromatic heterocycles. The van der Waals surface area contributed by atoms with E-state index in [9.17, 15) is 9.59 Å². The monoisotopic (exact) mass is 354 g/mol. The number of nitrogens with one attached hydrogen (secondary N) is 1. The smallest absolute Gasteiger partial charge is 0.323 e. The SMILES string of the molecule is Cc1ccc(Br)cc1NC(=O)N(CC(=O)O)C1CCCC1. The van der Waals surface area contributed by atoms with Crippen molar-refractivity contribution in [3.63, 3.8) is 0 Å². The van der Waals surface area contributed by atoms with E-state index in [0.29, 0.717) is 5.69 Å². The Morgan fingerprint density at radius 1 is 1.38 bits per heavy atom. The van der Waals surface area contributed by atoms with Gasteiger partial charge < -0.3 is 15.3 Å². The van der Waals surface area contributed by atoms with Gasteiger partial charge in [0.2, 0.25) is 0 Å². The van der Waals surface area contributed by atoms with Crippen molar-refractivity contribution < 1.29 is 14.7 Å². The normalized spacial score (nSPS) is 15.0. The van der Waals surface area contributed by atoms with E-state index >= 15 is 0 Å². The average molecular weight is 355 g/mol. The number of amides is 2. The zero-order valence-corrected chi connectivity index (χ0v) is 13.5. The van der Waals surface area contributed by atoms with Gasteiger partial charge in [0, 0.05) is 16.2 Å². The van der Waals surface area contributed by atoms with Crippen LogP contribution in [0.2, 0.25) is 0 Å². The summed E-state index contributed by atoms with van der Waals surface area (Å²) in [5, 5.41) is 11.9. The van der Waals surface area contributed by atoms with Crippen molar-refractivity contribution in [2.45, 2.75) is 38.6 Å². The highest BCUT2D eigenvalue weighted by Gasteiger charge is 2.28. The number of carbonyl (C=O) groups excluding carboxylic acids is 1. The number of nitrogens with zero attached hydrogens (tertiary/aromatic N) is 1. The van der Waals surface area contributed by atoms with Crippen LogP contribution < -0.4 is 5.32 Å². The molecule has 0 heterocycles.